The lowest BCUT2D eigenvalue weighted by atomic mass is 9.96. The van der Waals surface area contributed by atoms with Gasteiger partial charge in [0.2, 0.25) is 0 Å². The summed E-state index contributed by atoms with van der Waals surface area (Å²) in [5.41, 5.74) is 5.41. The smallest absolute Gasteiger partial charge is 0.188 e. The molecule has 4 heteroatoms. The number of hydrogen-bond donors (Lipinski definition) is 2. The number of nitrogens with one attached hydrogen (secondary N) is 1. The number of nitriles is 1. The summed E-state index contributed by atoms with van der Waals surface area (Å²) in [5.74, 6) is 0.486. The largest absolute Gasteiger partial charge is 0.370 e. The van der Waals surface area contributed by atoms with Crippen molar-refractivity contribution < 1.29 is 0 Å². The third-order valence-electron chi connectivity index (χ3n) is 3.15. The molecule has 0 saturated heterocycles. The van der Waals surface area contributed by atoms with Crippen LogP contribution in [0.1, 0.15) is 52.4 Å². The molecule has 0 bridgehead atoms. The predicted molar refractivity (Wildman–Crippen MR) is 70.5 cm³/mol. The van der Waals surface area contributed by atoms with Gasteiger partial charge in [0.1, 0.15) is 0 Å². The van der Waals surface area contributed by atoms with Crippen molar-refractivity contribution in [2.45, 2.75) is 58.4 Å². The minimum Gasteiger partial charge on any atom is -0.370 e. The summed E-state index contributed by atoms with van der Waals surface area (Å²) < 4.78 is 0. The van der Waals surface area contributed by atoms with E-state index in [0.717, 1.165) is 0 Å². The molecule has 96 valence electrons. The van der Waals surface area contributed by atoms with E-state index in [-0.39, 0.29) is 0 Å². The molecule has 1 saturated carbocycles. The molecular weight excluding hydrogens is 212 g/mol. The Balaban J connectivity index is 2.39. The molecule has 1 aliphatic rings. The van der Waals surface area contributed by atoms with Gasteiger partial charge < -0.3 is 11.1 Å². The highest BCUT2D eigenvalue weighted by Gasteiger charge is 2.17. The molecule has 0 aliphatic heterocycles. The quantitative estimate of drug-likeness (QED) is 0.448. The molecule has 0 amide bonds. The molecule has 3 N–H and O–H groups in total. The zero-order valence-corrected chi connectivity index (χ0v) is 11.0. The van der Waals surface area contributed by atoms with Gasteiger partial charge in [0.15, 0.2) is 5.96 Å². The van der Waals surface area contributed by atoms with E-state index in [9.17, 15) is 0 Å². The number of aliphatic imine (C=N–C) groups is 1. The Hall–Kier alpha value is -1.24. The van der Waals surface area contributed by atoms with Crippen LogP contribution in [0.15, 0.2) is 4.99 Å². The lowest BCUT2D eigenvalue weighted by molar-refractivity contribution is 0.502. The van der Waals surface area contributed by atoms with Gasteiger partial charge in [-0.1, -0.05) is 25.7 Å². The second kappa shape index (κ2) is 6.48. The van der Waals surface area contributed by atoms with Gasteiger partial charge in [-0.2, -0.15) is 5.26 Å². The fourth-order valence-electron chi connectivity index (χ4n) is 2.00. The highest BCUT2D eigenvalue weighted by Crippen LogP contribution is 2.17. The van der Waals surface area contributed by atoms with E-state index in [1.165, 1.54) is 38.5 Å². The van der Waals surface area contributed by atoms with Crippen LogP contribution >= 0.6 is 0 Å². The Labute approximate surface area is 104 Å². The van der Waals surface area contributed by atoms with Crippen LogP contribution in [0.25, 0.3) is 0 Å². The van der Waals surface area contributed by atoms with E-state index >= 15 is 0 Å². The normalized spacial score (nSPS) is 19.5. The average molecular weight is 236 g/mol. The monoisotopic (exact) mass is 236 g/mol. The summed E-state index contributed by atoms with van der Waals surface area (Å²) in [4.78, 5) is 4.25. The van der Waals surface area contributed by atoms with Gasteiger partial charge in [-0.15, -0.1) is 0 Å². The topological polar surface area (TPSA) is 74.2 Å². The molecule has 17 heavy (non-hydrogen) atoms. The summed E-state index contributed by atoms with van der Waals surface area (Å²) in [5, 5.41) is 12.2. The van der Waals surface area contributed by atoms with Crippen LogP contribution in [0.4, 0.5) is 0 Å². The van der Waals surface area contributed by atoms with Crippen molar-refractivity contribution in [3.63, 3.8) is 0 Å². The summed E-state index contributed by atoms with van der Waals surface area (Å²) in [6.45, 7) is 4.19. The van der Waals surface area contributed by atoms with E-state index in [1.807, 2.05) is 13.8 Å². The molecule has 0 unspecified atom stereocenters. The maximum Gasteiger partial charge on any atom is 0.188 e. The first-order valence-corrected chi connectivity index (χ1v) is 6.51. The van der Waals surface area contributed by atoms with Crippen LogP contribution in [-0.4, -0.2) is 18.5 Å². The van der Waals surface area contributed by atoms with Crippen molar-refractivity contribution in [1.29, 1.82) is 5.26 Å². The molecule has 0 aromatic heterocycles. The van der Waals surface area contributed by atoms with Crippen molar-refractivity contribution in [3.05, 3.63) is 0 Å². The summed E-state index contributed by atoms with van der Waals surface area (Å²) in [6.07, 6.45) is 7.56. The zero-order valence-electron chi connectivity index (χ0n) is 11.0. The zero-order chi connectivity index (χ0) is 12.7. The van der Waals surface area contributed by atoms with Crippen LogP contribution in [-0.2, 0) is 0 Å². The van der Waals surface area contributed by atoms with Crippen LogP contribution in [0.2, 0.25) is 0 Å². The molecular formula is C13H24N4. The van der Waals surface area contributed by atoms with Crippen LogP contribution < -0.4 is 11.1 Å². The molecule has 4 nitrogen and oxygen atoms in total. The van der Waals surface area contributed by atoms with Gasteiger partial charge >= 0.3 is 0 Å². The molecule has 0 atom stereocenters. The van der Waals surface area contributed by atoms with Crippen molar-refractivity contribution in [2.24, 2.45) is 16.1 Å². The van der Waals surface area contributed by atoms with E-state index < -0.39 is 5.41 Å². The number of guanidine groups is 1. The van der Waals surface area contributed by atoms with Crippen LogP contribution in [0.3, 0.4) is 0 Å². The first kappa shape index (κ1) is 13.8. The lowest BCUT2D eigenvalue weighted by Gasteiger charge is -2.18. The summed E-state index contributed by atoms with van der Waals surface area (Å²) in [7, 11) is 0. The van der Waals surface area contributed by atoms with Gasteiger partial charge in [0, 0.05) is 6.04 Å². The highest BCUT2D eigenvalue weighted by molar-refractivity contribution is 5.78. The highest BCUT2D eigenvalue weighted by atomic mass is 15.1. The molecule has 1 rings (SSSR count). The predicted octanol–water partition coefficient (Wildman–Crippen LogP) is 2.16. The first-order valence-electron chi connectivity index (χ1n) is 6.51. The minimum absolute atomic E-state index is 0.435. The van der Waals surface area contributed by atoms with Crippen LogP contribution in [0.5, 0.6) is 0 Å². The molecule has 0 spiro atoms. The first-order chi connectivity index (χ1) is 8.03. The fourth-order valence-corrected chi connectivity index (χ4v) is 2.00. The summed E-state index contributed by atoms with van der Waals surface area (Å²) >= 11 is 0. The summed E-state index contributed by atoms with van der Waals surface area (Å²) in [6, 6.07) is 2.68. The van der Waals surface area contributed by atoms with E-state index in [0.29, 0.717) is 18.5 Å². The number of rotatable bonds is 3. The molecule has 0 radical (unpaired) electrons. The van der Waals surface area contributed by atoms with Gasteiger partial charge in [-0.25, -0.2) is 0 Å². The number of nitrogens with zero attached hydrogens (tertiary/aromatic N) is 2. The maximum atomic E-state index is 8.89. The molecule has 0 aromatic rings. The van der Waals surface area contributed by atoms with Gasteiger partial charge in [-0.05, 0) is 26.7 Å². The van der Waals surface area contributed by atoms with Crippen molar-refractivity contribution in [3.8, 4) is 6.07 Å². The lowest BCUT2D eigenvalue weighted by Crippen LogP contribution is -2.40. The van der Waals surface area contributed by atoms with Crippen molar-refractivity contribution in [2.75, 3.05) is 6.54 Å². The van der Waals surface area contributed by atoms with E-state index in [1.54, 1.807) is 0 Å². The Bertz CT molecular complexity index is 293. The minimum atomic E-state index is -0.435. The molecule has 1 aliphatic carbocycles. The van der Waals surface area contributed by atoms with Gasteiger partial charge in [0.05, 0.1) is 18.0 Å². The van der Waals surface area contributed by atoms with E-state index in [4.69, 9.17) is 11.0 Å². The Morgan fingerprint density at radius 1 is 1.35 bits per heavy atom. The third kappa shape index (κ3) is 5.58. The molecule has 0 heterocycles. The van der Waals surface area contributed by atoms with Gasteiger partial charge in [-0.3, -0.25) is 4.99 Å². The van der Waals surface area contributed by atoms with Crippen LogP contribution in [0, 0.1) is 16.7 Å². The Kier molecular flexibility index (Phi) is 5.27. The third-order valence-corrected chi connectivity index (χ3v) is 3.15. The standard InChI is InChI=1S/C13H24N4/c1-13(2,9-14)10-16-12(15)17-11-7-5-3-4-6-8-11/h11H,3-8,10H2,1-2H3,(H3,15,16,17). The SMILES string of the molecule is CC(C)(C#N)CN=C(N)NC1CCCCCC1. The Morgan fingerprint density at radius 3 is 2.47 bits per heavy atom. The fraction of sp³-hybridized carbons (Fsp3) is 0.846. The molecule has 1 fully saturated rings. The molecule has 0 aromatic carbocycles. The van der Waals surface area contributed by atoms with Crippen molar-refractivity contribution in [1.82, 2.24) is 5.32 Å². The van der Waals surface area contributed by atoms with Crippen molar-refractivity contribution >= 4 is 5.96 Å². The number of hydrogen-bond acceptors (Lipinski definition) is 2. The number of nitrogens with two attached hydrogens (primary N) is 1. The second-order valence-corrected chi connectivity index (χ2v) is 5.53. The van der Waals surface area contributed by atoms with E-state index in [2.05, 4.69) is 16.4 Å². The second-order valence-electron chi connectivity index (χ2n) is 5.53. The average Bonchev–Trinajstić information content (AvgIpc) is 2.55. The maximum absolute atomic E-state index is 8.89. The Morgan fingerprint density at radius 2 is 1.94 bits per heavy atom. The van der Waals surface area contributed by atoms with Gasteiger partial charge in [0.25, 0.3) is 0 Å².